The highest BCUT2D eigenvalue weighted by molar-refractivity contribution is 9.10. The molecule has 19 heavy (non-hydrogen) atoms. The first-order chi connectivity index (χ1) is 9.29. The second-order valence-electron chi connectivity index (χ2n) is 5.30. The molecule has 1 saturated carbocycles. The third kappa shape index (κ3) is 4.81. The molecule has 1 aromatic carbocycles. The van der Waals surface area contributed by atoms with E-state index in [4.69, 9.17) is 4.74 Å². The Labute approximate surface area is 125 Å². The Hall–Kier alpha value is -0.540. The van der Waals surface area contributed by atoms with Gasteiger partial charge in [-0.1, -0.05) is 48.2 Å². The zero-order valence-corrected chi connectivity index (χ0v) is 13.3. The average molecular weight is 326 g/mol. The molecule has 1 aliphatic carbocycles. The molecule has 0 aliphatic heterocycles. The molecule has 106 valence electrons. The van der Waals surface area contributed by atoms with Gasteiger partial charge in [0.1, 0.15) is 0 Å². The fourth-order valence-corrected chi connectivity index (χ4v) is 3.26. The van der Waals surface area contributed by atoms with Gasteiger partial charge in [-0.25, -0.2) is 0 Å². The van der Waals surface area contributed by atoms with Crippen LogP contribution in [0.4, 0.5) is 5.69 Å². The van der Waals surface area contributed by atoms with Gasteiger partial charge >= 0.3 is 0 Å². The summed E-state index contributed by atoms with van der Waals surface area (Å²) in [7, 11) is 0. The fourth-order valence-electron chi connectivity index (χ4n) is 2.86. The van der Waals surface area contributed by atoms with Crippen LogP contribution < -0.4 is 5.32 Å². The Morgan fingerprint density at radius 1 is 1.32 bits per heavy atom. The normalized spacial score (nSPS) is 23.3. The highest BCUT2D eigenvalue weighted by atomic mass is 79.9. The summed E-state index contributed by atoms with van der Waals surface area (Å²) in [4.78, 5) is 0. The van der Waals surface area contributed by atoms with E-state index in [2.05, 4.69) is 40.3 Å². The zero-order valence-electron chi connectivity index (χ0n) is 11.7. The summed E-state index contributed by atoms with van der Waals surface area (Å²) in [6.07, 6.45) is 7.05. The molecule has 3 heteroatoms. The Kier molecular flexibility index (Phi) is 6.18. The standard InChI is InChI=1S/C16H24BrNO/c1-2-13-6-3-4-9-16(13)19-11-10-18-15-8-5-7-14(17)12-15/h5,7-8,12-13,16,18H,2-4,6,9-11H2,1H3. The summed E-state index contributed by atoms with van der Waals surface area (Å²) in [5.74, 6) is 0.777. The first-order valence-corrected chi connectivity index (χ1v) is 8.20. The van der Waals surface area contributed by atoms with Crippen molar-refractivity contribution in [2.75, 3.05) is 18.5 Å². The van der Waals surface area contributed by atoms with Crippen LogP contribution in [0.15, 0.2) is 28.7 Å². The fraction of sp³-hybridized carbons (Fsp3) is 0.625. The quantitative estimate of drug-likeness (QED) is 0.755. The Morgan fingerprint density at radius 3 is 2.95 bits per heavy atom. The first-order valence-electron chi connectivity index (χ1n) is 7.40. The Balaban J connectivity index is 1.68. The molecule has 1 aromatic rings. The molecule has 0 heterocycles. The molecule has 1 fully saturated rings. The van der Waals surface area contributed by atoms with E-state index < -0.39 is 0 Å². The third-order valence-electron chi connectivity index (χ3n) is 3.95. The molecule has 0 aromatic heterocycles. The van der Waals surface area contributed by atoms with Crippen LogP contribution in [-0.4, -0.2) is 19.3 Å². The molecular formula is C16H24BrNO. The maximum absolute atomic E-state index is 6.06. The lowest BCUT2D eigenvalue weighted by Gasteiger charge is -2.30. The van der Waals surface area contributed by atoms with Gasteiger partial charge in [-0.3, -0.25) is 0 Å². The second-order valence-corrected chi connectivity index (χ2v) is 6.21. The van der Waals surface area contributed by atoms with Crippen molar-refractivity contribution < 1.29 is 4.74 Å². The second kappa shape index (κ2) is 7.91. The van der Waals surface area contributed by atoms with Crippen LogP contribution in [-0.2, 0) is 4.74 Å². The molecule has 2 rings (SSSR count). The maximum atomic E-state index is 6.06. The predicted molar refractivity (Wildman–Crippen MR) is 84.6 cm³/mol. The third-order valence-corrected chi connectivity index (χ3v) is 4.44. The summed E-state index contributed by atoms with van der Waals surface area (Å²) >= 11 is 3.48. The summed E-state index contributed by atoms with van der Waals surface area (Å²) in [6, 6.07) is 8.26. The topological polar surface area (TPSA) is 21.3 Å². The Morgan fingerprint density at radius 2 is 2.16 bits per heavy atom. The van der Waals surface area contributed by atoms with E-state index in [9.17, 15) is 0 Å². The SMILES string of the molecule is CCC1CCCCC1OCCNc1cccc(Br)c1. The van der Waals surface area contributed by atoms with E-state index >= 15 is 0 Å². The van der Waals surface area contributed by atoms with Gasteiger partial charge in [0.15, 0.2) is 0 Å². The molecule has 2 nitrogen and oxygen atoms in total. The first kappa shape index (κ1) is 14.9. The molecule has 2 atom stereocenters. The van der Waals surface area contributed by atoms with Crippen LogP contribution in [0.25, 0.3) is 0 Å². The lowest BCUT2D eigenvalue weighted by molar-refractivity contribution is -0.00688. The molecule has 0 spiro atoms. The highest BCUT2D eigenvalue weighted by Gasteiger charge is 2.23. The Bertz CT molecular complexity index is 383. The van der Waals surface area contributed by atoms with Crippen molar-refractivity contribution in [2.24, 2.45) is 5.92 Å². The number of hydrogen-bond acceptors (Lipinski definition) is 2. The average Bonchev–Trinajstić information content (AvgIpc) is 2.44. The molecule has 0 amide bonds. The van der Waals surface area contributed by atoms with E-state index in [0.717, 1.165) is 29.2 Å². The van der Waals surface area contributed by atoms with Gasteiger partial charge in [0.05, 0.1) is 12.7 Å². The number of nitrogens with one attached hydrogen (secondary N) is 1. The molecule has 0 bridgehead atoms. The van der Waals surface area contributed by atoms with Crippen LogP contribution >= 0.6 is 15.9 Å². The number of ether oxygens (including phenoxy) is 1. The van der Waals surface area contributed by atoms with Gasteiger partial charge in [-0.05, 0) is 37.0 Å². The van der Waals surface area contributed by atoms with Gasteiger partial charge in [0.25, 0.3) is 0 Å². The number of hydrogen-bond donors (Lipinski definition) is 1. The molecule has 1 N–H and O–H groups in total. The number of halogens is 1. The van der Waals surface area contributed by atoms with Gasteiger partial charge < -0.3 is 10.1 Å². The lowest BCUT2D eigenvalue weighted by Crippen LogP contribution is -2.29. The van der Waals surface area contributed by atoms with E-state index in [1.54, 1.807) is 0 Å². The van der Waals surface area contributed by atoms with Crippen LogP contribution in [0.2, 0.25) is 0 Å². The van der Waals surface area contributed by atoms with Crippen molar-refractivity contribution in [1.82, 2.24) is 0 Å². The molecule has 2 unspecified atom stereocenters. The van der Waals surface area contributed by atoms with Crippen molar-refractivity contribution in [3.05, 3.63) is 28.7 Å². The van der Waals surface area contributed by atoms with Crippen molar-refractivity contribution >= 4 is 21.6 Å². The van der Waals surface area contributed by atoms with E-state index in [0.29, 0.717) is 6.10 Å². The number of rotatable bonds is 6. The van der Waals surface area contributed by atoms with Gasteiger partial charge in [0.2, 0.25) is 0 Å². The summed E-state index contributed by atoms with van der Waals surface area (Å²) in [5.41, 5.74) is 1.15. The van der Waals surface area contributed by atoms with E-state index in [1.165, 1.54) is 32.1 Å². The monoisotopic (exact) mass is 325 g/mol. The predicted octanol–water partition coefficient (Wildman–Crippen LogP) is 4.85. The van der Waals surface area contributed by atoms with Gasteiger partial charge in [-0.15, -0.1) is 0 Å². The van der Waals surface area contributed by atoms with Crippen LogP contribution in [0.1, 0.15) is 39.0 Å². The maximum Gasteiger partial charge on any atom is 0.0642 e. The summed E-state index contributed by atoms with van der Waals surface area (Å²) in [5, 5.41) is 3.40. The van der Waals surface area contributed by atoms with Crippen molar-refractivity contribution in [1.29, 1.82) is 0 Å². The van der Waals surface area contributed by atoms with Crippen LogP contribution in [0, 0.1) is 5.92 Å². The smallest absolute Gasteiger partial charge is 0.0642 e. The van der Waals surface area contributed by atoms with Crippen LogP contribution in [0.3, 0.4) is 0 Å². The highest BCUT2D eigenvalue weighted by Crippen LogP contribution is 2.28. The van der Waals surface area contributed by atoms with Gasteiger partial charge in [0, 0.05) is 16.7 Å². The minimum absolute atomic E-state index is 0.489. The molecule has 1 aliphatic rings. The van der Waals surface area contributed by atoms with Crippen molar-refractivity contribution in [2.45, 2.75) is 45.1 Å². The molecule has 0 saturated heterocycles. The lowest BCUT2D eigenvalue weighted by atomic mass is 9.85. The molecular weight excluding hydrogens is 302 g/mol. The largest absolute Gasteiger partial charge is 0.383 e. The van der Waals surface area contributed by atoms with Crippen LogP contribution in [0.5, 0.6) is 0 Å². The zero-order chi connectivity index (χ0) is 13.5. The summed E-state index contributed by atoms with van der Waals surface area (Å²) in [6.45, 7) is 3.96. The van der Waals surface area contributed by atoms with E-state index in [-0.39, 0.29) is 0 Å². The molecule has 0 radical (unpaired) electrons. The number of anilines is 1. The van der Waals surface area contributed by atoms with Gasteiger partial charge in [-0.2, -0.15) is 0 Å². The van der Waals surface area contributed by atoms with E-state index in [1.807, 2.05) is 12.1 Å². The minimum Gasteiger partial charge on any atom is -0.383 e. The van der Waals surface area contributed by atoms with Crippen molar-refractivity contribution in [3.63, 3.8) is 0 Å². The minimum atomic E-state index is 0.489. The number of benzene rings is 1. The summed E-state index contributed by atoms with van der Waals surface area (Å²) < 4.78 is 7.17. The van der Waals surface area contributed by atoms with Crippen molar-refractivity contribution in [3.8, 4) is 0 Å².